The standard InChI is InChI=1S/C9H7N3O3/c10-5-8(9(11)13)6-1-3-7(4-2-6)12(14)15/h1-4,8H,(H2,11,13). The Balaban J connectivity index is 3.03. The van der Waals surface area contributed by atoms with Crippen molar-refractivity contribution in [3.8, 4) is 6.07 Å². The number of carbonyl (C=O) groups is 1. The molecule has 76 valence electrons. The molecule has 1 amide bonds. The zero-order chi connectivity index (χ0) is 11.4. The van der Waals surface area contributed by atoms with Crippen LogP contribution in [0.3, 0.4) is 0 Å². The van der Waals surface area contributed by atoms with E-state index in [0.717, 1.165) is 0 Å². The fourth-order valence-corrected chi connectivity index (χ4v) is 1.09. The number of non-ortho nitro benzene ring substituents is 1. The first kappa shape index (κ1) is 10.7. The van der Waals surface area contributed by atoms with E-state index in [1.54, 1.807) is 6.07 Å². The number of nitro benzene ring substituents is 1. The first-order chi connectivity index (χ1) is 7.06. The molecule has 1 aromatic rings. The highest BCUT2D eigenvalue weighted by molar-refractivity contribution is 5.84. The minimum Gasteiger partial charge on any atom is -0.368 e. The van der Waals surface area contributed by atoms with Crippen LogP contribution in [0.5, 0.6) is 0 Å². The number of benzene rings is 1. The van der Waals surface area contributed by atoms with E-state index in [2.05, 4.69) is 0 Å². The Morgan fingerprint density at radius 2 is 2.00 bits per heavy atom. The van der Waals surface area contributed by atoms with Crippen molar-refractivity contribution in [2.75, 3.05) is 0 Å². The number of nitrogens with two attached hydrogens (primary N) is 1. The van der Waals surface area contributed by atoms with Crippen molar-refractivity contribution in [1.29, 1.82) is 5.26 Å². The van der Waals surface area contributed by atoms with E-state index < -0.39 is 16.7 Å². The van der Waals surface area contributed by atoms with Gasteiger partial charge in [0.2, 0.25) is 5.91 Å². The van der Waals surface area contributed by atoms with Gasteiger partial charge >= 0.3 is 0 Å². The first-order valence-electron chi connectivity index (χ1n) is 3.99. The third-order valence-electron chi connectivity index (χ3n) is 1.85. The molecule has 0 saturated heterocycles. The summed E-state index contributed by atoms with van der Waals surface area (Å²) >= 11 is 0. The summed E-state index contributed by atoms with van der Waals surface area (Å²) < 4.78 is 0. The predicted molar refractivity (Wildman–Crippen MR) is 50.6 cm³/mol. The maximum absolute atomic E-state index is 10.8. The van der Waals surface area contributed by atoms with Crippen LogP contribution in [-0.2, 0) is 4.79 Å². The van der Waals surface area contributed by atoms with E-state index in [-0.39, 0.29) is 5.69 Å². The molecule has 0 heterocycles. The number of nitrogens with zero attached hydrogens (tertiary/aromatic N) is 2. The third-order valence-corrected chi connectivity index (χ3v) is 1.85. The maximum Gasteiger partial charge on any atom is 0.269 e. The second kappa shape index (κ2) is 4.19. The lowest BCUT2D eigenvalue weighted by atomic mass is 10.00. The van der Waals surface area contributed by atoms with Crippen molar-refractivity contribution in [2.45, 2.75) is 5.92 Å². The van der Waals surface area contributed by atoms with Gasteiger partial charge in [0, 0.05) is 12.1 Å². The van der Waals surface area contributed by atoms with E-state index >= 15 is 0 Å². The van der Waals surface area contributed by atoms with E-state index in [1.165, 1.54) is 24.3 Å². The Hall–Kier alpha value is -2.42. The lowest BCUT2D eigenvalue weighted by Gasteiger charge is -2.03. The van der Waals surface area contributed by atoms with E-state index in [0.29, 0.717) is 5.56 Å². The molecular weight excluding hydrogens is 198 g/mol. The molecule has 15 heavy (non-hydrogen) atoms. The molecule has 0 aliphatic heterocycles. The summed E-state index contributed by atoms with van der Waals surface area (Å²) in [5, 5.41) is 19.0. The molecule has 0 saturated carbocycles. The van der Waals surface area contributed by atoms with E-state index in [9.17, 15) is 14.9 Å². The quantitative estimate of drug-likeness (QED) is 0.577. The highest BCUT2D eigenvalue weighted by Crippen LogP contribution is 2.18. The van der Waals surface area contributed by atoms with Gasteiger partial charge < -0.3 is 5.73 Å². The van der Waals surface area contributed by atoms with Crippen LogP contribution in [0.2, 0.25) is 0 Å². The number of nitriles is 1. The average molecular weight is 205 g/mol. The van der Waals surface area contributed by atoms with Gasteiger partial charge in [0.25, 0.3) is 5.69 Å². The predicted octanol–water partition coefficient (Wildman–Crippen LogP) is 0.687. The van der Waals surface area contributed by atoms with Crippen molar-refractivity contribution >= 4 is 11.6 Å². The largest absolute Gasteiger partial charge is 0.368 e. The van der Waals surface area contributed by atoms with Crippen LogP contribution in [0.4, 0.5) is 5.69 Å². The van der Waals surface area contributed by atoms with Crippen LogP contribution < -0.4 is 5.73 Å². The molecule has 0 aliphatic rings. The second-order valence-electron chi connectivity index (χ2n) is 2.81. The van der Waals surface area contributed by atoms with E-state index in [1.807, 2.05) is 0 Å². The first-order valence-corrected chi connectivity index (χ1v) is 3.99. The van der Waals surface area contributed by atoms with Crippen LogP contribution >= 0.6 is 0 Å². The third kappa shape index (κ3) is 2.28. The molecule has 1 aromatic carbocycles. The lowest BCUT2D eigenvalue weighted by Crippen LogP contribution is -2.19. The molecule has 0 fully saturated rings. The summed E-state index contributed by atoms with van der Waals surface area (Å²) in [5.41, 5.74) is 5.24. The highest BCUT2D eigenvalue weighted by atomic mass is 16.6. The number of hydrogen-bond acceptors (Lipinski definition) is 4. The average Bonchev–Trinajstić information content (AvgIpc) is 2.19. The number of amides is 1. The zero-order valence-corrected chi connectivity index (χ0v) is 7.58. The van der Waals surface area contributed by atoms with Crippen LogP contribution in [0.25, 0.3) is 0 Å². The number of hydrogen-bond donors (Lipinski definition) is 1. The Morgan fingerprint density at radius 1 is 1.47 bits per heavy atom. The molecule has 0 aliphatic carbocycles. The maximum atomic E-state index is 10.8. The van der Waals surface area contributed by atoms with Gasteiger partial charge in [0.15, 0.2) is 0 Å². The van der Waals surface area contributed by atoms with Gasteiger partial charge in [-0.1, -0.05) is 12.1 Å². The van der Waals surface area contributed by atoms with Gasteiger partial charge in [-0.15, -0.1) is 0 Å². The van der Waals surface area contributed by atoms with Crippen LogP contribution in [0.15, 0.2) is 24.3 Å². The topological polar surface area (TPSA) is 110 Å². The molecule has 2 N–H and O–H groups in total. The van der Waals surface area contributed by atoms with Crippen LogP contribution in [-0.4, -0.2) is 10.8 Å². The van der Waals surface area contributed by atoms with Gasteiger partial charge in [0.05, 0.1) is 11.0 Å². The van der Waals surface area contributed by atoms with Gasteiger partial charge in [-0.3, -0.25) is 14.9 Å². The second-order valence-corrected chi connectivity index (χ2v) is 2.81. The Kier molecular flexibility index (Phi) is 2.98. The van der Waals surface area contributed by atoms with Crippen molar-refractivity contribution in [2.24, 2.45) is 5.73 Å². The minimum absolute atomic E-state index is 0.0973. The summed E-state index contributed by atoms with van der Waals surface area (Å²) in [7, 11) is 0. The van der Waals surface area contributed by atoms with Gasteiger partial charge in [-0.05, 0) is 5.56 Å². The van der Waals surface area contributed by atoms with Gasteiger partial charge in [0.1, 0.15) is 5.92 Å². The summed E-state index contributed by atoms with van der Waals surface area (Å²) in [4.78, 5) is 20.6. The summed E-state index contributed by atoms with van der Waals surface area (Å²) in [6, 6.07) is 6.86. The summed E-state index contributed by atoms with van der Waals surface area (Å²) in [6.07, 6.45) is 0. The van der Waals surface area contributed by atoms with Crippen molar-refractivity contribution < 1.29 is 9.72 Å². The number of carbonyl (C=O) groups excluding carboxylic acids is 1. The Morgan fingerprint density at radius 3 is 2.33 bits per heavy atom. The fraction of sp³-hybridized carbons (Fsp3) is 0.111. The molecule has 6 nitrogen and oxygen atoms in total. The van der Waals surface area contributed by atoms with Gasteiger partial charge in [-0.2, -0.15) is 5.26 Å². The molecule has 0 radical (unpaired) electrons. The summed E-state index contributed by atoms with van der Waals surface area (Å²) in [5.74, 6) is -1.84. The zero-order valence-electron chi connectivity index (χ0n) is 7.58. The number of primary amides is 1. The Bertz CT molecular complexity index is 433. The minimum atomic E-state index is -1.06. The molecular formula is C9H7N3O3. The fourth-order valence-electron chi connectivity index (χ4n) is 1.09. The van der Waals surface area contributed by atoms with E-state index in [4.69, 9.17) is 11.0 Å². The Labute approximate surface area is 85.1 Å². The number of nitro groups is 1. The smallest absolute Gasteiger partial charge is 0.269 e. The molecule has 0 spiro atoms. The highest BCUT2D eigenvalue weighted by Gasteiger charge is 2.17. The van der Waals surface area contributed by atoms with Crippen molar-refractivity contribution in [1.82, 2.24) is 0 Å². The molecule has 0 aromatic heterocycles. The number of rotatable bonds is 3. The normalized spacial score (nSPS) is 11.4. The SMILES string of the molecule is N#CC(C(N)=O)c1ccc([N+](=O)[O-])cc1. The van der Waals surface area contributed by atoms with Gasteiger partial charge in [-0.25, -0.2) is 0 Å². The van der Waals surface area contributed by atoms with Crippen molar-refractivity contribution in [3.63, 3.8) is 0 Å². The lowest BCUT2D eigenvalue weighted by molar-refractivity contribution is -0.384. The van der Waals surface area contributed by atoms with Crippen LogP contribution in [0.1, 0.15) is 11.5 Å². The van der Waals surface area contributed by atoms with Crippen molar-refractivity contribution in [3.05, 3.63) is 39.9 Å². The summed E-state index contributed by atoms with van der Waals surface area (Å²) in [6.45, 7) is 0. The molecule has 1 atom stereocenters. The monoisotopic (exact) mass is 205 g/mol. The molecule has 1 rings (SSSR count). The molecule has 6 heteroatoms. The molecule has 0 bridgehead atoms. The van der Waals surface area contributed by atoms with Crippen LogP contribution in [0, 0.1) is 21.4 Å². The molecule has 1 unspecified atom stereocenters.